The Kier molecular flexibility index (Phi) is 8.89. The summed E-state index contributed by atoms with van der Waals surface area (Å²) in [6.07, 6.45) is 0.599. The van der Waals surface area contributed by atoms with Crippen LogP contribution in [0.25, 0.3) is 5.69 Å². The van der Waals surface area contributed by atoms with E-state index in [-0.39, 0.29) is 16.9 Å². The van der Waals surface area contributed by atoms with Crippen LogP contribution in [0.2, 0.25) is 10.3 Å². The number of aromatic nitrogens is 2. The zero-order valence-corrected chi connectivity index (χ0v) is 20.7. The summed E-state index contributed by atoms with van der Waals surface area (Å²) in [7, 11) is 0. The summed E-state index contributed by atoms with van der Waals surface area (Å²) >= 11 is 12.1. The number of carbonyl (C=O) groups excluding carboxylic acids is 1. The minimum atomic E-state index is -0.921. The second-order valence-electron chi connectivity index (χ2n) is 7.08. The molecule has 4 aromatic rings. The van der Waals surface area contributed by atoms with Gasteiger partial charge in [-0.15, -0.1) is 0 Å². The van der Waals surface area contributed by atoms with Crippen LogP contribution in [0.5, 0.6) is 5.75 Å². The van der Waals surface area contributed by atoms with Crippen molar-refractivity contribution >= 4 is 40.6 Å². The van der Waals surface area contributed by atoms with Crippen LogP contribution in [0.3, 0.4) is 0 Å². The second kappa shape index (κ2) is 12.1. The van der Waals surface area contributed by atoms with Crippen LogP contribution in [0.15, 0.2) is 85.2 Å². The lowest BCUT2D eigenvalue weighted by molar-refractivity contribution is -0.123. The Bertz CT molecular complexity index is 1290. The molecule has 0 saturated heterocycles. The molecule has 0 aliphatic carbocycles. The van der Waals surface area contributed by atoms with Crippen LogP contribution in [-0.4, -0.2) is 21.3 Å². The SMILES string of the molecule is CC.N=C(N)c1cccc(OC(C(=O)Nc2ccc(-n3cnc(Cl)c3Cl)cc2)c2ccccc2)c1. The summed E-state index contributed by atoms with van der Waals surface area (Å²) in [5.41, 5.74) is 8.09. The van der Waals surface area contributed by atoms with Gasteiger partial charge in [0.25, 0.3) is 5.91 Å². The Labute approximate surface area is 214 Å². The number of imidazole rings is 1. The molecule has 4 N–H and O–H groups in total. The number of amides is 1. The monoisotopic (exact) mass is 509 g/mol. The quantitative estimate of drug-likeness (QED) is 0.202. The third kappa shape index (κ3) is 6.41. The van der Waals surface area contributed by atoms with Crippen molar-refractivity contribution in [1.29, 1.82) is 5.41 Å². The van der Waals surface area contributed by atoms with E-state index >= 15 is 0 Å². The van der Waals surface area contributed by atoms with E-state index in [9.17, 15) is 4.79 Å². The molecular weight excluding hydrogens is 485 g/mol. The van der Waals surface area contributed by atoms with Gasteiger partial charge in [0.2, 0.25) is 6.10 Å². The summed E-state index contributed by atoms with van der Waals surface area (Å²) in [6.45, 7) is 4.00. The predicted octanol–water partition coefficient (Wildman–Crippen LogP) is 6.25. The zero-order valence-electron chi connectivity index (χ0n) is 19.2. The van der Waals surface area contributed by atoms with Gasteiger partial charge >= 0.3 is 0 Å². The lowest BCUT2D eigenvalue weighted by Crippen LogP contribution is -2.25. The molecule has 0 saturated carbocycles. The number of halogens is 2. The molecule has 1 unspecified atom stereocenters. The van der Waals surface area contributed by atoms with Gasteiger partial charge in [0, 0.05) is 22.5 Å². The molecule has 1 amide bonds. The Morgan fingerprint density at radius 3 is 2.31 bits per heavy atom. The molecule has 4 rings (SSSR count). The van der Waals surface area contributed by atoms with E-state index in [1.54, 1.807) is 53.1 Å². The van der Waals surface area contributed by atoms with Crippen molar-refractivity contribution in [3.63, 3.8) is 0 Å². The summed E-state index contributed by atoms with van der Waals surface area (Å²) in [5.74, 6) is -0.0138. The van der Waals surface area contributed by atoms with Crippen molar-refractivity contribution in [2.75, 3.05) is 5.32 Å². The molecule has 35 heavy (non-hydrogen) atoms. The molecule has 0 aliphatic rings. The van der Waals surface area contributed by atoms with E-state index in [1.807, 2.05) is 44.2 Å². The largest absolute Gasteiger partial charge is 0.476 e. The average molecular weight is 510 g/mol. The van der Waals surface area contributed by atoms with Gasteiger partial charge in [-0.3, -0.25) is 14.8 Å². The third-order valence-electron chi connectivity index (χ3n) is 4.82. The van der Waals surface area contributed by atoms with Crippen molar-refractivity contribution < 1.29 is 9.53 Å². The maximum atomic E-state index is 13.2. The van der Waals surface area contributed by atoms with Gasteiger partial charge in [0.15, 0.2) is 10.3 Å². The molecule has 0 aliphatic heterocycles. The first kappa shape index (κ1) is 25.8. The molecule has 0 fully saturated rings. The molecule has 0 bridgehead atoms. The lowest BCUT2D eigenvalue weighted by Gasteiger charge is -2.20. The standard InChI is InChI=1S/C24H19Cl2N5O2.C2H6/c25-21-22(26)31(14-29-21)18-11-9-17(10-12-18)30-24(32)20(15-5-2-1-3-6-15)33-19-8-4-7-16(13-19)23(27)28;1-2/h1-14,20H,(H3,27,28)(H,30,32);1-2H3. The molecule has 7 nitrogen and oxygen atoms in total. The van der Waals surface area contributed by atoms with E-state index in [2.05, 4.69) is 10.3 Å². The Balaban J connectivity index is 0.00000167. The highest BCUT2D eigenvalue weighted by Gasteiger charge is 2.23. The number of nitrogen functional groups attached to an aromatic ring is 1. The lowest BCUT2D eigenvalue weighted by atomic mass is 10.1. The Hall–Kier alpha value is -3.81. The minimum absolute atomic E-state index is 0.0828. The minimum Gasteiger partial charge on any atom is -0.476 e. The number of rotatable bonds is 7. The maximum absolute atomic E-state index is 13.2. The van der Waals surface area contributed by atoms with Gasteiger partial charge < -0.3 is 15.8 Å². The van der Waals surface area contributed by atoms with Crippen LogP contribution in [0.4, 0.5) is 5.69 Å². The molecule has 180 valence electrons. The zero-order chi connectivity index (χ0) is 25.4. The number of amidine groups is 1. The maximum Gasteiger partial charge on any atom is 0.270 e. The number of nitrogens with one attached hydrogen (secondary N) is 2. The van der Waals surface area contributed by atoms with Crippen molar-refractivity contribution in [2.45, 2.75) is 20.0 Å². The topological polar surface area (TPSA) is 106 Å². The number of nitrogens with zero attached hydrogens (tertiary/aromatic N) is 2. The van der Waals surface area contributed by atoms with Crippen LogP contribution < -0.4 is 15.8 Å². The first-order chi connectivity index (χ1) is 16.9. The summed E-state index contributed by atoms with van der Waals surface area (Å²) < 4.78 is 7.66. The number of hydrogen-bond donors (Lipinski definition) is 3. The fraction of sp³-hybridized carbons (Fsp3) is 0.115. The number of benzene rings is 3. The highest BCUT2D eigenvalue weighted by Crippen LogP contribution is 2.27. The van der Waals surface area contributed by atoms with Gasteiger partial charge in [-0.2, -0.15) is 0 Å². The van der Waals surface area contributed by atoms with Gasteiger partial charge in [-0.1, -0.05) is 79.5 Å². The summed E-state index contributed by atoms with van der Waals surface area (Å²) in [4.78, 5) is 17.2. The first-order valence-electron chi connectivity index (χ1n) is 10.9. The molecule has 1 aromatic heterocycles. The molecule has 0 radical (unpaired) electrons. The van der Waals surface area contributed by atoms with Gasteiger partial charge in [-0.05, 0) is 36.4 Å². The molecular formula is C26H25Cl2N5O2. The third-order valence-corrected chi connectivity index (χ3v) is 5.56. The van der Waals surface area contributed by atoms with Crippen molar-refractivity contribution in [3.8, 4) is 11.4 Å². The number of carbonyl (C=O) groups is 1. The van der Waals surface area contributed by atoms with Crippen molar-refractivity contribution in [2.24, 2.45) is 5.73 Å². The van der Waals surface area contributed by atoms with E-state index in [1.165, 1.54) is 6.33 Å². The Morgan fingerprint density at radius 2 is 1.71 bits per heavy atom. The Morgan fingerprint density at radius 1 is 1.03 bits per heavy atom. The fourth-order valence-corrected chi connectivity index (χ4v) is 3.50. The van der Waals surface area contributed by atoms with Gasteiger partial charge in [-0.25, -0.2) is 4.98 Å². The molecule has 1 atom stereocenters. The van der Waals surface area contributed by atoms with Crippen LogP contribution in [-0.2, 0) is 4.79 Å². The van der Waals surface area contributed by atoms with Crippen molar-refractivity contribution in [3.05, 3.63) is 107 Å². The summed E-state index contributed by atoms with van der Waals surface area (Å²) in [5, 5.41) is 11.0. The molecule has 1 heterocycles. The molecule has 0 spiro atoms. The predicted molar refractivity (Wildman–Crippen MR) is 141 cm³/mol. The molecule has 3 aromatic carbocycles. The number of anilines is 1. The van der Waals surface area contributed by atoms with Crippen molar-refractivity contribution in [1.82, 2.24) is 9.55 Å². The smallest absolute Gasteiger partial charge is 0.270 e. The van der Waals surface area contributed by atoms with E-state index in [0.29, 0.717) is 27.7 Å². The number of nitrogens with two attached hydrogens (primary N) is 1. The highest BCUT2D eigenvalue weighted by molar-refractivity contribution is 6.40. The molecule has 9 heteroatoms. The van der Waals surface area contributed by atoms with Crippen LogP contribution in [0.1, 0.15) is 31.1 Å². The first-order valence-corrected chi connectivity index (χ1v) is 11.6. The average Bonchev–Trinajstić information content (AvgIpc) is 3.22. The van der Waals surface area contributed by atoms with Gasteiger partial charge in [0.05, 0.1) is 0 Å². The normalized spacial score (nSPS) is 11.1. The summed E-state index contributed by atoms with van der Waals surface area (Å²) in [6, 6.07) is 23.0. The van der Waals surface area contributed by atoms with Crippen LogP contribution >= 0.6 is 23.2 Å². The number of hydrogen-bond acceptors (Lipinski definition) is 4. The van der Waals surface area contributed by atoms with E-state index < -0.39 is 6.10 Å². The highest BCUT2D eigenvalue weighted by atomic mass is 35.5. The van der Waals surface area contributed by atoms with Gasteiger partial charge in [0.1, 0.15) is 17.9 Å². The van der Waals surface area contributed by atoms with E-state index in [4.69, 9.17) is 39.1 Å². The number of ether oxygens (including phenoxy) is 1. The van der Waals surface area contributed by atoms with Crippen LogP contribution in [0, 0.1) is 5.41 Å². The fourth-order valence-electron chi connectivity index (χ4n) is 3.18. The van der Waals surface area contributed by atoms with E-state index in [0.717, 1.165) is 5.69 Å². The second-order valence-corrected chi connectivity index (χ2v) is 7.80.